The van der Waals surface area contributed by atoms with Crippen molar-refractivity contribution >= 4 is 11.9 Å². The molecule has 18 heavy (non-hydrogen) atoms. The van der Waals surface area contributed by atoms with Gasteiger partial charge in [0.25, 0.3) is 0 Å². The van der Waals surface area contributed by atoms with Gasteiger partial charge in [-0.15, -0.1) is 0 Å². The van der Waals surface area contributed by atoms with Crippen molar-refractivity contribution in [1.82, 2.24) is 0 Å². The van der Waals surface area contributed by atoms with Crippen molar-refractivity contribution in [3.05, 3.63) is 0 Å². The molecule has 1 saturated heterocycles. The predicted octanol–water partition coefficient (Wildman–Crippen LogP) is 1.40. The Labute approximate surface area is 108 Å². The molecule has 0 aromatic carbocycles. The first kappa shape index (κ1) is 15.0. The van der Waals surface area contributed by atoms with E-state index in [0.29, 0.717) is 13.0 Å². The summed E-state index contributed by atoms with van der Waals surface area (Å²) in [6.45, 7) is 6.19. The third-order valence-electron chi connectivity index (χ3n) is 3.79. The first-order valence-electron chi connectivity index (χ1n) is 6.25. The van der Waals surface area contributed by atoms with Crippen LogP contribution in [0.4, 0.5) is 0 Å². The normalized spacial score (nSPS) is 26.1. The average molecular weight is 258 g/mol. The zero-order chi connectivity index (χ0) is 13.9. The van der Waals surface area contributed by atoms with Gasteiger partial charge in [0.1, 0.15) is 0 Å². The van der Waals surface area contributed by atoms with Crippen LogP contribution in [0.1, 0.15) is 27.2 Å². The topological polar surface area (TPSA) is 61.8 Å². The van der Waals surface area contributed by atoms with Crippen molar-refractivity contribution in [2.45, 2.75) is 33.3 Å². The molecule has 0 aliphatic carbocycles. The second-order valence-electron chi connectivity index (χ2n) is 4.93. The van der Waals surface area contributed by atoms with Gasteiger partial charge in [-0.25, -0.2) is 0 Å². The Hall–Kier alpha value is -1.10. The van der Waals surface area contributed by atoms with Gasteiger partial charge in [0.15, 0.2) is 5.41 Å². The summed E-state index contributed by atoms with van der Waals surface area (Å²) >= 11 is 0. The standard InChI is InChI=1S/C13H22O5/c1-6-10-13(11(14)16-4,12(15)17-5)9(7-18-10)8(2)3/h8-10H,6-7H2,1-5H3/t9-,10+/m1/s1. The highest BCUT2D eigenvalue weighted by atomic mass is 16.6. The van der Waals surface area contributed by atoms with Gasteiger partial charge < -0.3 is 14.2 Å². The van der Waals surface area contributed by atoms with Crippen LogP contribution < -0.4 is 0 Å². The molecule has 1 aliphatic rings. The number of hydrogen-bond acceptors (Lipinski definition) is 5. The fourth-order valence-corrected chi connectivity index (χ4v) is 2.87. The van der Waals surface area contributed by atoms with E-state index in [4.69, 9.17) is 14.2 Å². The average Bonchev–Trinajstić information content (AvgIpc) is 2.76. The Morgan fingerprint density at radius 3 is 2.11 bits per heavy atom. The first-order chi connectivity index (χ1) is 8.46. The lowest BCUT2D eigenvalue weighted by Gasteiger charge is -2.34. The van der Waals surface area contributed by atoms with E-state index in [1.165, 1.54) is 14.2 Å². The second-order valence-corrected chi connectivity index (χ2v) is 4.93. The van der Waals surface area contributed by atoms with Crippen LogP contribution in [-0.2, 0) is 23.8 Å². The summed E-state index contributed by atoms with van der Waals surface area (Å²) in [7, 11) is 2.57. The van der Waals surface area contributed by atoms with Crippen LogP contribution in [-0.4, -0.2) is 38.9 Å². The molecule has 2 atom stereocenters. The van der Waals surface area contributed by atoms with Crippen LogP contribution in [0.5, 0.6) is 0 Å². The molecule has 0 aromatic heterocycles. The molecular weight excluding hydrogens is 236 g/mol. The Balaban J connectivity index is 3.32. The van der Waals surface area contributed by atoms with E-state index < -0.39 is 23.5 Å². The lowest BCUT2D eigenvalue weighted by atomic mass is 9.68. The molecule has 104 valence electrons. The molecule has 1 fully saturated rings. The summed E-state index contributed by atoms with van der Waals surface area (Å²) < 4.78 is 15.3. The van der Waals surface area contributed by atoms with Gasteiger partial charge in [0.05, 0.1) is 26.9 Å². The molecule has 0 unspecified atom stereocenters. The fraction of sp³-hybridized carbons (Fsp3) is 0.846. The largest absolute Gasteiger partial charge is 0.468 e. The first-order valence-corrected chi connectivity index (χ1v) is 6.25. The zero-order valence-corrected chi connectivity index (χ0v) is 11.7. The third-order valence-corrected chi connectivity index (χ3v) is 3.79. The van der Waals surface area contributed by atoms with Gasteiger partial charge in [-0.3, -0.25) is 9.59 Å². The fourth-order valence-electron chi connectivity index (χ4n) is 2.87. The monoisotopic (exact) mass is 258 g/mol. The van der Waals surface area contributed by atoms with Crippen molar-refractivity contribution in [3.63, 3.8) is 0 Å². The van der Waals surface area contributed by atoms with Crippen LogP contribution in [0.2, 0.25) is 0 Å². The number of esters is 2. The summed E-state index contributed by atoms with van der Waals surface area (Å²) in [4.78, 5) is 24.4. The third kappa shape index (κ3) is 2.00. The molecule has 0 saturated carbocycles. The number of ether oxygens (including phenoxy) is 3. The molecule has 1 aliphatic heterocycles. The smallest absolute Gasteiger partial charge is 0.326 e. The van der Waals surface area contributed by atoms with Crippen molar-refractivity contribution in [1.29, 1.82) is 0 Å². The Kier molecular flexibility index (Phi) is 4.73. The van der Waals surface area contributed by atoms with E-state index in [1.807, 2.05) is 20.8 Å². The van der Waals surface area contributed by atoms with Crippen molar-refractivity contribution < 1.29 is 23.8 Å². The molecular formula is C13H22O5. The van der Waals surface area contributed by atoms with Crippen LogP contribution in [0.25, 0.3) is 0 Å². The summed E-state index contributed by atoms with van der Waals surface area (Å²) in [5.41, 5.74) is -1.33. The second kappa shape index (κ2) is 5.69. The van der Waals surface area contributed by atoms with Crippen LogP contribution >= 0.6 is 0 Å². The quantitative estimate of drug-likeness (QED) is 0.563. The molecule has 0 aromatic rings. The molecule has 0 N–H and O–H groups in total. The number of hydrogen-bond donors (Lipinski definition) is 0. The van der Waals surface area contributed by atoms with Crippen LogP contribution in [0, 0.1) is 17.3 Å². The zero-order valence-electron chi connectivity index (χ0n) is 11.7. The molecule has 1 heterocycles. The summed E-state index contributed by atoms with van der Waals surface area (Å²) in [5, 5.41) is 0. The van der Waals surface area contributed by atoms with Gasteiger partial charge in [0.2, 0.25) is 0 Å². The maximum Gasteiger partial charge on any atom is 0.326 e. The minimum Gasteiger partial charge on any atom is -0.468 e. The molecule has 0 spiro atoms. The maximum atomic E-state index is 12.2. The van der Waals surface area contributed by atoms with E-state index >= 15 is 0 Å². The molecule has 5 heteroatoms. The molecule has 0 bridgehead atoms. The minimum absolute atomic E-state index is 0.125. The molecule has 0 amide bonds. The van der Waals surface area contributed by atoms with Gasteiger partial charge in [-0.1, -0.05) is 20.8 Å². The molecule has 5 nitrogen and oxygen atoms in total. The summed E-state index contributed by atoms with van der Waals surface area (Å²) in [5.74, 6) is -1.21. The van der Waals surface area contributed by atoms with Gasteiger partial charge in [0, 0.05) is 5.92 Å². The highest BCUT2D eigenvalue weighted by molar-refractivity contribution is 6.01. The Morgan fingerprint density at radius 2 is 1.78 bits per heavy atom. The van der Waals surface area contributed by atoms with Crippen molar-refractivity contribution in [2.75, 3.05) is 20.8 Å². The lowest BCUT2D eigenvalue weighted by Crippen LogP contribution is -2.52. The Bertz CT molecular complexity index is 307. The number of carbonyl (C=O) groups excluding carboxylic acids is 2. The molecule has 1 rings (SSSR count). The summed E-state index contributed by atoms with van der Waals surface area (Å²) in [6, 6.07) is 0. The number of methoxy groups -OCH3 is 2. The summed E-state index contributed by atoms with van der Waals surface area (Å²) in [6.07, 6.45) is 0.0813. The number of carbonyl (C=O) groups is 2. The number of rotatable bonds is 4. The molecule has 0 radical (unpaired) electrons. The van der Waals surface area contributed by atoms with Crippen molar-refractivity contribution in [2.24, 2.45) is 17.3 Å². The SMILES string of the molecule is CC[C@@H]1OC[C@H](C(C)C)C1(C(=O)OC)C(=O)OC. The minimum atomic E-state index is -1.33. The maximum absolute atomic E-state index is 12.2. The van der Waals surface area contributed by atoms with Gasteiger partial charge in [-0.05, 0) is 12.3 Å². The lowest BCUT2D eigenvalue weighted by molar-refractivity contribution is -0.177. The van der Waals surface area contributed by atoms with E-state index in [9.17, 15) is 9.59 Å². The van der Waals surface area contributed by atoms with E-state index in [0.717, 1.165) is 0 Å². The predicted molar refractivity (Wildman–Crippen MR) is 64.8 cm³/mol. The van der Waals surface area contributed by atoms with E-state index in [-0.39, 0.29) is 11.8 Å². The highest BCUT2D eigenvalue weighted by Crippen LogP contribution is 2.47. The Morgan fingerprint density at radius 1 is 1.28 bits per heavy atom. The van der Waals surface area contributed by atoms with Crippen LogP contribution in [0.15, 0.2) is 0 Å². The van der Waals surface area contributed by atoms with E-state index in [2.05, 4.69) is 0 Å². The van der Waals surface area contributed by atoms with Gasteiger partial charge in [-0.2, -0.15) is 0 Å². The van der Waals surface area contributed by atoms with E-state index in [1.54, 1.807) is 0 Å². The van der Waals surface area contributed by atoms with Crippen LogP contribution in [0.3, 0.4) is 0 Å². The van der Waals surface area contributed by atoms with Crippen molar-refractivity contribution in [3.8, 4) is 0 Å². The van der Waals surface area contributed by atoms with Gasteiger partial charge >= 0.3 is 11.9 Å². The highest BCUT2D eigenvalue weighted by Gasteiger charge is 2.64.